The van der Waals surface area contributed by atoms with Crippen LogP contribution in [-0.4, -0.2) is 37.5 Å². The zero-order valence-electron chi connectivity index (χ0n) is 10.9. The molecule has 6 nitrogen and oxygen atoms in total. The van der Waals surface area contributed by atoms with Gasteiger partial charge in [0, 0.05) is 12.6 Å². The molecule has 0 amide bonds. The Hall–Kier alpha value is -1.31. The summed E-state index contributed by atoms with van der Waals surface area (Å²) < 4.78 is 24.5. The van der Waals surface area contributed by atoms with Crippen molar-refractivity contribution in [2.45, 2.75) is 19.1 Å². The number of phenols is 1. The summed E-state index contributed by atoms with van der Waals surface area (Å²) in [7, 11) is -3.49. The van der Waals surface area contributed by atoms with Crippen molar-refractivity contribution in [1.82, 2.24) is 5.32 Å². The van der Waals surface area contributed by atoms with Crippen molar-refractivity contribution < 1.29 is 18.6 Å². The van der Waals surface area contributed by atoms with E-state index < -0.39 is 16.1 Å². The van der Waals surface area contributed by atoms with E-state index in [0.717, 1.165) is 6.26 Å². The Kier molecular flexibility index (Phi) is 5.16. The van der Waals surface area contributed by atoms with Crippen molar-refractivity contribution in [1.29, 1.82) is 0 Å². The van der Waals surface area contributed by atoms with Crippen LogP contribution in [0.2, 0.25) is 0 Å². The van der Waals surface area contributed by atoms with Crippen molar-refractivity contribution in [2.24, 2.45) is 0 Å². The third-order valence-corrected chi connectivity index (χ3v) is 2.95. The lowest BCUT2D eigenvalue weighted by molar-refractivity contribution is 0.173. The van der Waals surface area contributed by atoms with Gasteiger partial charge in [0.15, 0.2) is 0 Å². The predicted octanol–water partition coefficient (Wildman–Crippen LogP) is 0.609. The Bertz CT molecular complexity index is 529. The molecule has 1 aromatic rings. The van der Waals surface area contributed by atoms with Crippen LogP contribution in [0.3, 0.4) is 0 Å². The molecule has 2 atom stereocenters. The van der Waals surface area contributed by atoms with E-state index in [4.69, 9.17) is 0 Å². The third kappa shape index (κ3) is 5.46. The molecule has 0 aliphatic heterocycles. The van der Waals surface area contributed by atoms with E-state index in [9.17, 15) is 18.6 Å². The van der Waals surface area contributed by atoms with Crippen molar-refractivity contribution in [3.63, 3.8) is 0 Å². The van der Waals surface area contributed by atoms with E-state index in [2.05, 4.69) is 17.0 Å². The average molecular weight is 287 g/mol. The van der Waals surface area contributed by atoms with Gasteiger partial charge in [-0.25, -0.2) is 8.42 Å². The monoisotopic (exact) mass is 287 g/mol. The summed E-state index contributed by atoms with van der Waals surface area (Å²) in [5, 5.41) is 22.5. The van der Waals surface area contributed by atoms with Crippen molar-refractivity contribution in [3.05, 3.63) is 30.7 Å². The normalized spacial score (nSPS) is 13.5. The molecular formula is C12H19N2O4S. The Labute approximate surface area is 113 Å². The first-order valence-electron chi connectivity index (χ1n) is 5.74. The lowest BCUT2D eigenvalue weighted by Gasteiger charge is -2.16. The number of hydrogen-bond acceptors (Lipinski definition) is 5. The molecule has 0 fully saturated rings. The van der Waals surface area contributed by atoms with Gasteiger partial charge in [-0.2, -0.15) is 0 Å². The van der Waals surface area contributed by atoms with Crippen LogP contribution in [0.25, 0.3) is 0 Å². The number of phenolic OH excluding ortho intramolecular Hbond substituents is 1. The topological polar surface area (TPSA) is 98.7 Å². The standard InChI is InChI=1S/C12H19N2O4S/c1-8(2)13-7-12(16)9-4-5-11(15)10(6-9)14-19(3,17)18/h4-6,8,12-16H,1,7H2,2-3H3/t8-,12+/m1/s1. The fraction of sp³-hybridized carbons (Fsp3) is 0.417. The molecule has 1 aromatic carbocycles. The van der Waals surface area contributed by atoms with Crippen LogP contribution in [-0.2, 0) is 10.0 Å². The molecule has 0 aliphatic rings. The first-order valence-corrected chi connectivity index (χ1v) is 7.63. The highest BCUT2D eigenvalue weighted by atomic mass is 32.2. The molecule has 1 radical (unpaired) electrons. The van der Waals surface area contributed by atoms with Crippen LogP contribution in [0.5, 0.6) is 5.75 Å². The fourth-order valence-electron chi connectivity index (χ4n) is 1.47. The molecule has 107 valence electrons. The van der Waals surface area contributed by atoms with E-state index in [1.54, 1.807) is 0 Å². The van der Waals surface area contributed by atoms with Crippen LogP contribution in [0.1, 0.15) is 18.6 Å². The maximum atomic E-state index is 11.1. The number of anilines is 1. The Morgan fingerprint density at radius 1 is 1.42 bits per heavy atom. The number of aliphatic hydroxyl groups excluding tert-OH is 1. The molecule has 0 aromatic heterocycles. The quantitative estimate of drug-likeness (QED) is 0.575. The van der Waals surface area contributed by atoms with Gasteiger partial charge in [-0.3, -0.25) is 4.72 Å². The predicted molar refractivity (Wildman–Crippen MR) is 74.4 cm³/mol. The largest absolute Gasteiger partial charge is 0.506 e. The maximum absolute atomic E-state index is 11.1. The molecule has 19 heavy (non-hydrogen) atoms. The van der Waals surface area contributed by atoms with Gasteiger partial charge in [0.05, 0.1) is 18.0 Å². The van der Waals surface area contributed by atoms with Gasteiger partial charge in [-0.15, -0.1) is 0 Å². The summed E-state index contributed by atoms with van der Waals surface area (Å²) in [6, 6.07) is 4.25. The van der Waals surface area contributed by atoms with Crippen molar-refractivity contribution in [2.75, 3.05) is 17.5 Å². The first-order chi connectivity index (χ1) is 8.69. The minimum atomic E-state index is -3.49. The van der Waals surface area contributed by atoms with Gasteiger partial charge in [-0.1, -0.05) is 6.07 Å². The van der Waals surface area contributed by atoms with Crippen molar-refractivity contribution in [3.8, 4) is 5.75 Å². The van der Waals surface area contributed by atoms with Crippen LogP contribution in [0.15, 0.2) is 18.2 Å². The fourth-order valence-corrected chi connectivity index (χ4v) is 2.04. The summed E-state index contributed by atoms with van der Waals surface area (Å²) in [4.78, 5) is 0. The Morgan fingerprint density at radius 3 is 2.58 bits per heavy atom. The molecule has 7 heteroatoms. The third-order valence-electron chi connectivity index (χ3n) is 2.36. The van der Waals surface area contributed by atoms with E-state index in [-0.39, 0.29) is 24.0 Å². The summed E-state index contributed by atoms with van der Waals surface area (Å²) in [6.07, 6.45) is 0.173. The smallest absolute Gasteiger partial charge is 0.229 e. The Balaban J connectivity index is 2.89. The van der Waals surface area contributed by atoms with Gasteiger partial charge in [0.25, 0.3) is 0 Å². The van der Waals surface area contributed by atoms with E-state index >= 15 is 0 Å². The van der Waals surface area contributed by atoms with Crippen LogP contribution >= 0.6 is 0 Å². The SMILES string of the molecule is [CH2][C@H](C)NC[C@H](O)c1ccc(O)c(NS(C)(=O)=O)c1. The lowest BCUT2D eigenvalue weighted by Crippen LogP contribution is -2.28. The number of rotatable bonds is 6. The lowest BCUT2D eigenvalue weighted by atomic mass is 10.1. The van der Waals surface area contributed by atoms with E-state index in [1.807, 2.05) is 6.92 Å². The average Bonchev–Trinajstić information content (AvgIpc) is 2.27. The number of benzene rings is 1. The summed E-state index contributed by atoms with van der Waals surface area (Å²) in [5.41, 5.74) is 0.541. The molecule has 0 saturated heterocycles. The molecule has 0 unspecified atom stereocenters. The summed E-state index contributed by atoms with van der Waals surface area (Å²) in [5.74, 6) is -0.195. The number of sulfonamides is 1. The van der Waals surface area contributed by atoms with Crippen LogP contribution in [0.4, 0.5) is 5.69 Å². The highest BCUT2D eigenvalue weighted by Gasteiger charge is 2.13. The summed E-state index contributed by atoms with van der Waals surface area (Å²) in [6.45, 7) is 5.86. The zero-order valence-corrected chi connectivity index (χ0v) is 11.7. The molecule has 1 rings (SSSR count). The van der Waals surface area contributed by atoms with Crippen LogP contribution < -0.4 is 10.0 Å². The van der Waals surface area contributed by atoms with Gasteiger partial charge < -0.3 is 15.5 Å². The number of nitrogens with one attached hydrogen (secondary N) is 2. The second-order valence-corrected chi connectivity index (χ2v) is 6.22. The molecule has 0 aliphatic carbocycles. The van der Waals surface area contributed by atoms with Crippen molar-refractivity contribution >= 4 is 15.7 Å². The van der Waals surface area contributed by atoms with Gasteiger partial charge >= 0.3 is 0 Å². The first kappa shape index (κ1) is 15.7. The second-order valence-electron chi connectivity index (χ2n) is 4.48. The molecular weight excluding hydrogens is 268 g/mol. The van der Waals surface area contributed by atoms with E-state index in [1.165, 1.54) is 18.2 Å². The molecule has 0 bridgehead atoms. The van der Waals surface area contributed by atoms with Gasteiger partial charge in [0.2, 0.25) is 10.0 Å². The summed E-state index contributed by atoms with van der Waals surface area (Å²) >= 11 is 0. The second kappa shape index (κ2) is 6.23. The number of aromatic hydroxyl groups is 1. The Morgan fingerprint density at radius 2 is 2.05 bits per heavy atom. The highest BCUT2D eigenvalue weighted by molar-refractivity contribution is 7.92. The zero-order chi connectivity index (χ0) is 14.6. The van der Waals surface area contributed by atoms with Gasteiger partial charge in [0.1, 0.15) is 5.75 Å². The van der Waals surface area contributed by atoms with Gasteiger partial charge in [-0.05, 0) is 31.5 Å². The van der Waals surface area contributed by atoms with Crippen LogP contribution in [0, 0.1) is 6.92 Å². The molecule has 0 heterocycles. The van der Waals surface area contributed by atoms with E-state index in [0.29, 0.717) is 5.56 Å². The molecule has 0 saturated carbocycles. The minimum absolute atomic E-state index is 0.0135. The maximum Gasteiger partial charge on any atom is 0.229 e. The molecule has 0 spiro atoms. The number of hydrogen-bond donors (Lipinski definition) is 4. The minimum Gasteiger partial charge on any atom is -0.506 e. The number of aliphatic hydroxyl groups is 1. The molecule has 4 N–H and O–H groups in total. The highest BCUT2D eigenvalue weighted by Crippen LogP contribution is 2.27.